The highest BCUT2D eigenvalue weighted by Crippen LogP contribution is 2.28. The van der Waals surface area contributed by atoms with Crippen molar-refractivity contribution in [3.63, 3.8) is 0 Å². The third-order valence-corrected chi connectivity index (χ3v) is 1.92. The zero-order chi connectivity index (χ0) is 8.81. The molecule has 1 fully saturated rings. The standard InChI is InChI=1S/C9H16ClNO/c1-8(10)6-11-4-5-12-7-9-2-3-9/h9,11H,1-7H2. The Morgan fingerprint density at radius 2 is 2.33 bits per heavy atom. The Morgan fingerprint density at radius 3 is 2.92 bits per heavy atom. The highest BCUT2D eigenvalue weighted by Gasteiger charge is 2.20. The van der Waals surface area contributed by atoms with Crippen LogP contribution in [-0.4, -0.2) is 26.3 Å². The van der Waals surface area contributed by atoms with Crippen LogP contribution >= 0.6 is 11.6 Å². The lowest BCUT2D eigenvalue weighted by Gasteiger charge is -2.03. The van der Waals surface area contributed by atoms with Crippen LogP contribution in [0.1, 0.15) is 12.8 Å². The molecule has 0 amide bonds. The zero-order valence-electron chi connectivity index (χ0n) is 7.31. The zero-order valence-corrected chi connectivity index (χ0v) is 8.07. The van der Waals surface area contributed by atoms with E-state index in [0.717, 1.165) is 25.7 Å². The predicted molar refractivity (Wildman–Crippen MR) is 51.4 cm³/mol. The molecule has 0 saturated heterocycles. The summed E-state index contributed by atoms with van der Waals surface area (Å²) in [6.07, 6.45) is 2.71. The Kier molecular flexibility index (Phi) is 4.66. The molecule has 1 N–H and O–H groups in total. The Labute approximate surface area is 78.9 Å². The van der Waals surface area contributed by atoms with E-state index in [0.29, 0.717) is 11.6 Å². The maximum absolute atomic E-state index is 5.55. The molecule has 0 heterocycles. The molecule has 1 aliphatic rings. The van der Waals surface area contributed by atoms with E-state index in [-0.39, 0.29) is 0 Å². The molecule has 0 atom stereocenters. The van der Waals surface area contributed by atoms with Crippen LogP contribution in [0.4, 0.5) is 0 Å². The molecule has 0 aromatic rings. The highest BCUT2D eigenvalue weighted by molar-refractivity contribution is 6.29. The molecule has 0 unspecified atom stereocenters. The van der Waals surface area contributed by atoms with Crippen molar-refractivity contribution in [2.75, 3.05) is 26.3 Å². The van der Waals surface area contributed by atoms with Gasteiger partial charge in [-0.05, 0) is 18.8 Å². The molecule has 0 bridgehead atoms. The van der Waals surface area contributed by atoms with Crippen LogP contribution in [0.15, 0.2) is 11.6 Å². The van der Waals surface area contributed by atoms with Crippen molar-refractivity contribution < 1.29 is 4.74 Å². The lowest BCUT2D eigenvalue weighted by Crippen LogP contribution is -2.21. The van der Waals surface area contributed by atoms with E-state index in [1.54, 1.807) is 0 Å². The Balaban J connectivity index is 1.73. The molecule has 0 spiro atoms. The summed E-state index contributed by atoms with van der Waals surface area (Å²) in [6.45, 7) is 6.82. The molecule has 2 nitrogen and oxygen atoms in total. The molecule has 0 aliphatic heterocycles. The van der Waals surface area contributed by atoms with Crippen LogP contribution in [0.2, 0.25) is 0 Å². The number of ether oxygens (including phenoxy) is 1. The van der Waals surface area contributed by atoms with Gasteiger partial charge in [0.2, 0.25) is 0 Å². The molecule has 0 aromatic carbocycles. The lowest BCUT2D eigenvalue weighted by atomic mass is 10.5. The summed E-state index contributed by atoms with van der Waals surface area (Å²) in [6, 6.07) is 0. The fraction of sp³-hybridized carbons (Fsp3) is 0.778. The first-order chi connectivity index (χ1) is 5.79. The van der Waals surface area contributed by atoms with Gasteiger partial charge in [-0.15, -0.1) is 0 Å². The molecule has 1 aliphatic carbocycles. The third-order valence-electron chi connectivity index (χ3n) is 1.79. The van der Waals surface area contributed by atoms with Gasteiger partial charge < -0.3 is 10.1 Å². The first-order valence-corrected chi connectivity index (χ1v) is 4.78. The first kappa shape index (κ1) is 10.0. The van der Waals surface area contributed by atoms with Gasteiger partial charge in [0, 0.05) is 24.7 Å². The van der Waals surface area contributed by atoms with Crippen LogP contribution in [0.25, 0.3) is 0 Å². The van der Waals surface area contributed by atoms with Crippen molar-refractivity contribution in [1.29, 1.82) is 0 Å². The summed E-state index contributed by atoms with van der Waals surface area (Å²) >= 11 is 5.55. The Morgan fingerprint density at radius 1 is 1.58 bits per heavy atom. The number of halogens is 1. The minimum Gasteiger partial charge on any atom is -0.380 e. The summed E-state index contributed by atoms with van der Waals surface area (Å²) < 4.78 is 5.40. The summed E-state index contributed by atoms with van der Waals surface area (Å²) in [5.74, 6) is 0.855. The van der Waals surface area contributed by atoms with E-state index < -0.39 is 0 Å². The average Bonchev–Trinajstić information content (AvgIpc) is 2.79. The van der Waals surface area contributed by atoms with E-state index in [1.165, 1.54) is 12.8 Å². The van der Waals surface area contributed by atoms with Crippen LogP contribution < -0.4 is 5.32 Å². The number of nitrogens with one attached hydrogen (secondary N) is 1. The molecular formula is C9H16ClNO. The van der Waals surface area contributed by atoms with E-state index in [2.05, 4.69) is 11.9 Å². The molecule has 1 rings (SSSR count). The van der Waals surface area contributed by atoms with Crippen molar-refractivity contribution in [2.24, 2.45) is 5.92 Å². The summed E-state index contributed by atoms with van der Waals surface area (Å²) in [5.41, 5.74) is 0. The molecule has 0 aromatic heterocycles. The van der Waals surface area contributed by atoms with E-state index in [4.69, 9.17) is 16.3 Å². The van der Waals surface area contributed by atoms with E-state index in [9.17, 15) is 0 Å². The van der Waals surface area contributed by atoms with Gasteiger partial charge in [0.1, 0.15) is 0 Å². The van der Waals surface area contributed by atoms with Crippen molar-refractivity contribution in [2.45, 2.75) is 12.8 Å². The van der Waals surface area contributed by atoms with Gasteiger partial charge in [-0.1, -0.05) is 18.2 Å². The SMILES string of the molecule is C=C(Cl)CNCCOCC1CC1. The van der Waals surface area contributed by atoms with Gasteiger partial charge in [0.15, 0.2) is 0 Å². The van der Waals surface area contributed by atoms with Gasteiger partial charge in [0.25, 0.3) is 0 Å². The maximum Gasteiger partial charge on any atom is 0.0591 e. The van der Waals surface area contributed by atoms with Crippen LogP contribution in [0.3, 0.4) is 0 Å². The van der Waals surface area contributed by atoms with Crippen LogP contribution in [-0.2, 0) is 4.74 Å². The molecule has 12 heavy (non-hydrogen) atoms. The molecule has 1 saturated carbocycles. The van der Waals surface area contributed by atoms with Crippen molar-refractivity contribution >= 4 is 11.6 Å². The van der Waals surface area contributed by atoms with Gasteiger partial charge in [0.05, 0.1) is 6.61 Å². The van der Waals surface area contributed by atoms with Crippen molar-refractivity contribution in [1.82, 2.24) is 5.32 Å². The van der Waals surface area contributed by atoms with Gasteiger partial charge in [-0.3, -0.25) is 0 Å². The third kappa shape index (κ3) is 5.58. The Hall–Kier alpha value is -0.0500. The van der Waals surface area contributed by atoms with Crippen molar-refractivity contribution in [3.8, 4) is 0 Å². The predicted octanol–water partition coefficient (Wildman–Crippen LogP) is 1.76. The number of hydrogen-bond acceptors (Lipinski definition) is 2. The van der Waals surface area contributed by atoms with Gasteiger partial charge in [-0.2, -0.15) is 0 Å². The fourth-order valence-electron chi connectivity index (χ4n) is 0.903. The Bertz CT molecular complexity index is 145. The second-order valence-corrected chi connectivity index (χ2v) is 3.75. The normalized spacial score (nSPS) is 16.4. The quantitative estimate of drug-likeness (QED) is 0.617. The van der Waals surface area contributed by atoms with E-state index in [1.807, 2.05) is 0 Å². The minimum absolute atomic E-state index is 0.650. The largest absolute Gasteiger partial charge is 0.380 e. The highest BCUT2D eigenvalue weighted by atomic mass is 35.5. The number of hydrogen-bond donors (Lipinski definition) is 1. The van der Waals surface area contributed by atoms with Gasteiger partial charge in [-0.25, -0.2) is 0 Å². The van der Waals surface area contributed by atoms with Crippen LogP contribution in [0, 0.1) is 5.92 Å². The topological polar surface area (TPSA) is 21.3 Å². The number of rotatable bonds is 7. The average molecular weight is 190 g/mol. The second kappa shape index (κ2) is 5.57. The lowest BCUT2D eigenvalue weighted by molar-refractivity contribution is 0.127. The smallest absolute Gasteiger partial charge is 0.0591 e. The monoisotopic (exact) mass is 189 g/mol. The van der Waals surface area contributed by atoms with Gasteiger partial charge >= 0.3 is 0 Å². The molecule has 70 valence electrons. The molecule has 3 heteroatoms. The van der Waals surface area contributed by atoms with Crippen LogP contribution in [0.5, 0.6) is 0 Å². The maximum atomic E-state index is 5.55. The van der Waals surface area contributed by atoms with Crippen molar-refractivity contribution in [3.05, 3.63) is 11.6 Å². The first-order valence-electron chi connectivity index (χ1n) is 4.41. The fourth-order valence-corrected chi connectivity index (χ4v) is 0.997. The summed E-state index contributed by atoms with van der Waals surface area (Å²) in [4.78, 5) is 0. The molecular weight excluding hydrogens is 174 g/mol. The molecule has 0 radical (unpaired) electrons. The summed E-state index contributed by atoms with van der Waals surface area (Å²) in [7, 11) is 0. The van der Waals surface area contributed by atoms with E-state index >= 15 is 0 Å². The summed E-state index contributed by atoms with van der Waals surface area (Å²) in [5, 5.41) is 3.77. The second-order valence-electron chi connectivity index (χ2n) is 3.21. The minimum atomic E-state index is 0.650.